The number of hydrogen-bond donors (Lipinski definition) is 4. The zero-order valence-electron chi connectivity index (χ0n) is 20.9. The van der Waals surface area contributed by atoms with E-state index in [1.165, 1.54) is 36.4 Å². The largest absolute Gasteiger partial charge is 0.491 e. The number of benzene rings is 2. The van der Waals surface area contributed by atoms with Crippen molar-refractivity contribution in [2.24, 2.45) is 20.5 Å². The Balaban J connectivity index is 1.84. The number of rotatable bonds is 11. The van der Waals surface area contributed by atoms with E-state index in [9.17, 15) is 29.8 Å². The molecule has 0 unspecified atom stereocenters. The highest BCUT2D eigenvalue weighted by Crippen LogP contribution is 2.35. The molecular weight excluding hydrogens is 590 g/mol. The summed E-state index contributed by atoms with van der Waals surface area (Å²) >= 11 is 0. The average molecular weight is 616 g/mol. The third-order valence-electron chi connectivity index (χ3n) is 5.33. The number of anilines is 1. The fourth-order valence-electron chi connectivity index (χ4n) is 3.35. The number of nitrogen functional groups attached to an aromatic ring is 1. The minimum atomic E-state index is -4.77. The Labute approximate surface area is 230 Å². The molecule has 0 saturated heterocycles. The molecule has 0 heterocycles. The highest BCUT2D eigenvalue weighted by Gasteiger charge is 2.19. The van der Waals surface area contributed by atoms with Crippen LogP contribution in [-0.4, -0.2) is 51.3 Å². The second-order valence-electron chi connectivity index (χ2n) is 8.46. The quantitative estimate of drug-likeness (QED) is 0.119. The van der Waals surface area contributed by atoms with Crippen LogP contribution in [0.1, 0.15) is 24.8 Å². The maximum absolute atomic E-state index is 12.0. The second-order valence-corrected chi connectivity index (χ2v) is 12.9. The summed E-state index contributed by atoms with van der Waals surface area (Å²) in [4.78, 5) is -0.768. The number of hydrogen-bond acceptors (Lipinski definition) is 12. The van der Waals surface area contributed by atoms with Gasteiger partial charge in [0.2, 0.25) is 0 Å². The van der Waals surface area contributed by atoms with Crippen molar-refractivity contribution < 1.29 is 43.6 Å². The molecule has 0 saturated carbocycles. The van der Waals surface area contributed by atoms with Crippen LogP contribution in [0.2, 0.25) is 0 Å². The Hall–Kier alpha value is -3.55. The van der Waals surface area contributed by atoms with Gasteiger partial charge >= 0.3 is 0 Å². The molecule has 0 atom stereocenters. The summed E-state index contributed by atoms with van der Waals surface area (Å²) in [5, 5.41) is 15.8. The maximum Gasteiger partial charge on any atom is 0.296 e. The van der Waals surface area contributed by atoms with Crippen molar-refractivity contribution in [1.29, 1.82) is 0 Å². The number of ether oxygens (including phenoxy) is 1. The van der Waals surface area contributed by atoms with Gasteiger partial charge in [-0.15, -0.1) is 5.11 Å². The summed E-state index contributed by atoms with van der Waals surface area (Å²) in [5.74, 6) is -0.334. The summed E-state index contributed by atoms with van der Waals surface area (Å²) in [5.41, 5.74) is 7.16. The van der Waals surface area contributed by atoms with Gasteiger partial charge in [0.25, 0.3) is 30.4 Å². The van der Waals surface area contributed by atoms with Crippen LogP contribution in [0.25, 0.3) is 0 Å². The number of nitrogens with two attached hydrogens (primary N) is 1. The van der Waals surface area contributed by atoms with E-state index in [1.54, 1.807) is 6.92 Å². The van der Waals surface area contributed by atoms with Gasteiger partial charge in [0, 0.05) is 6.07 Å². The van der Waals surface area contributed by atoms with Crippen molar-refractivity contribution >= 4 is 53.1 Å². The molecule has 2 aromatic rings. The van der Waals surface area contributed by atoms with E-state index in [-0.39, 0.29) is 59.3 Å². The maximum atomic E-state index is 12.0. The lowest BCUT2D eigenvalue weighted by molar-refractivity contribution is 0.318. The first-order valence-corrected chi connectivity index (χ1v) is 15.8. The summed E-state index contributed by atoms with van der Waals surface area (Å²) in [6, 6.07) is 6.57. The second kappa shape index (κ2) is 12.3. The molecule has 0 aromatic heterocycles. The van der Waals surface area contributed by atoms with Gasteiger partial charge in [-0.05, 0) is 68.2 Å². The van der Waals surface area contributed by atoms with E-state index in [1.807, 2.05) is 0 Å². The van der Waals surface area contributed by atoms with Gasteiger partial charge in [0.05, 0.1) is 40.0 Å². The van der Waals surface area contributed by atoms with Crippen LogP contribution in [-0.2, 0) is 30.4 Å². The first kappa shape index (κ1) is 31.0. The lowest BCUT2D eigenvalue weighted by atomic mass is 10.1. The Morgan fingerprint density at radius 3 is 2.15 bits per heavy atom. The molecule has 0 bridgehead atoms. The average Bonchev–Trinajstić information content (AvgIpc) is 2.84. The standard InChI is InChI=1S/C22H25N5O10S3/c1-14-11-18(23)21(37-9-2-10-38(28,29)30)13-20(14)27-26-19-8-5-16(12-22(19)40(34,35)36)25-24-15-3-6-17(7-4-15)39(31,32)33/h3,5-6,8,11-13H,2,4,7,9-10,23H2,1H3,(H,28,29,30)(H,31,32,33)(H,34,35,36). The van der Waals surface area contributed by atoms with Crippen LogP contribution < -0.4 is 10.5 Å². The molecule has 3 rings (SSSR count). The summed E-state index contributed by atoms with van der Waals surface area (Å²) in [6.07, 6.45) is 2.73. The van der Waals surface area contributed by atoms with E-state index in [0.29, 0.717) is 11.3 Å². The van der Waals surface area contributed by atoms with E-state index >= 15 is 0 Å². The molecule has 5 N–H and O–H groups in total. The van der Waals surface area contributed by atoms with Gasteiger partial charge in [-0.1, -0.05) is 0 Å². The molecular formula is C22H25N5O10S3. The molecule has 216 valence electrons. The highest BCUT2D eigenvalue weighted by molar-refractivity contribution is 7.89. The van der Waals surface area contributed by atoms with Gasteiger partial charge in [0.1, 0.15) is 16.3 Å². The lowest BCUT2D eigenvalue weighted by Gasteiger charge is -2.11. The van der Waals surface area contributed by atoms with Crippen molar-refractivity contribution in [2.45, 2.75) is 31.1 Å². The van der Waals surface area contributed by atoms with Gasteiger partial charge in [-0.2, -0.15) is 40.6 Å². The number of nitrogens with zero attached hydrogens (tertiary/aromatic N) is 4. The van der Waals surface area contributed by atoms with Crippen LogP contribution >= 0.6 is 0 Å². The minimum Gasteiger partial charge on any atom is -0.491 e. The molecule has 0 aliphatic heterocycles. The van der Waals surface area contributed by atoms with Crippen LogP contribution in [0.5, 0.6) is 5.75 Å². The van der Waals surface area contributed by atoms with Crippen LogP contribution in [0, 0.1) is 6.92 Å². The summed E-state index contributed by atoms with van der Waals surface area (Å²) in [7, 11) is -13.2. The molecule has 1 aliphatic rings. The number of aryl methyl sites for hydroxylation is 1. The molecule has 2 aromatic carbocycles. The van der Waals surface area contributed by atoms with Gasteiger partial charge in [0.15, 0.2) is 0 Å². The first-order chi connectivity index (χ1) is 18.5. The van der Waals surface area contributed by atoms with Crippen molar-refractivity contribution in [3.05, 3.63) is 58.6 Å². The first-order valence-electron chi connectivity index (χ1n) is 11.3. The van der Waals surface area contributed by atoms with Crippen molar-refractivity contribution in [3.63, 3.8) is 0 Å². The zero-order valence-corrected chi connectivity index (χ0v) is 23.3. The lowest BCUT2D eigenvalue weighted by Crippen LogP contribution is -2.09. The predicted octanol–water partition coefficient (Wildman–Crippen LogP) is 4.43. The van der Waals surface area contributed by atoms with Crippen molar-refractivity contribution in [1.82, 2.24) is 0 Å². The monoisotopic (exact) mass is 615 g/mol. The SMILES string of the molecule is Cc1cc(N)c(OCCCS(=O)(=O)O)cc1N=Nc1ccc(N=NC2=CC=C(S(=O)(=O)O)CC2)cc1S(=O)(=O)O. The summed E-state index contributed by atoms with van der Waals surface area (Å²) in [6.45, 7) is 1.59. The molecule has 0 amide bonds. The van der Waals surface area contributed by atoms with Crippen molar-refractivity contribution in [3.8, 4) is 5.75 Å². The number of azo groups is 2. The Kier molecular flexibility index (Phi) is 9.54. The predicted molar refractivity (Wildman–Crippen MR) is 144 cm³/mol. The molecule has 18 heteroatoms. The summed E-state index contributed by atoms with van der Waals surface area (Å²) < 4.78 is 101. The topological polar surface area (TPSA) is 248 Å². The molecule has 0 spiro atoms. The van der Waals surface area contributed by atoms with Crippen LogP contribution in [0.4, 0.5) is 22.7 Å². The van der Waals surface area contributed by atoms with Gasteiger partial charge in [-0.3, -0.25) is 13.7 Å². The van der Waals surface area contributed by atoms with Gasteiger partial charge in [-0.25, -0.2) is 0 Å². The Bertz CT molecular complexity index is 1750. The van der Waals surface area contributed by atoms with Crippen LogP contribution in [0.15, 0.2) is 78.4 Å². The highest BCUT2D eigenvalue weighted by atomic mass is 32.2. The molecule has 40 heavy (non-hydrogen) atoms. The molecule has 1 aliphatic carbocycles. The smallest absolute Gasteiger partial charge is 0.296 e. The molecule has 0 radical (unpaired) electrons. The van der Waals surface area contributed by atoms with E-state index in [4.69, 9.17) is 19.6 Å². The molecule has 0 fully saturated rings. The third kappa shape index (κ3) is 9.00. The van der Waals surface area contributed by atoms with Gasteiger partial charge < -0.3 is 10.5 Å². The fraction of sp³-hybridized carbons (Fsp3) is 0.273. The minimum absolute atomic E-state index is 0.00397. The Morgan fingerprint density at radius 1 is 0.850 bits per heavy atom. The number of allylic oxidation sites excluding steroid dienone is 4. The zero-order chi connectivity index (χ0) is 29.7. The van der Waals surface area contributed by atoms with Crippen LogP contribution in [0.3, 0.4) is 0 Å². The Morgan fingerprint density at radius 2 is 1.55 bits per heavy atom. The van der Waals surface area contributed by atoms with Crippen molar-refractivity contribution in [2.75, 3.05) is 18.1 Å². The molecule has 15 nitrogen and oxygen atoms in total. The normalized spacial score (nSPS) is 14.9. The third-order valence-corrected chi connectivity index (χ3v) is 8.02. The van der Waals surface area contributed by atoms with E-state index < -0.39 is 41.0 Å². The van der Waals surface area contributed by atoms with E-state index in [0.717, 1.165) is 6.07 Å². The van der Waals surface area contributed by atoms with E-state index in [2.05, 4.69) is 20.5 Å². The fourth-order valence-corrected chi connectivity index (χ4v) is 5.07.